The molecule has 1 aromatic carbocycles. The van der Waals surface area contributed by atoms with Crippen molar-refractivity contribution in [3.63, 3.8) is 0 Å². The lowest BCUT2D eigenvalue weighted by atomic mass is 10.1. The van der Waals surface area contributed by atoms with Crippen LogP contribution in [-0.2, 0) is 14.3 Å². The fourth-order valence-corrected chi connectivity index (χ4v) is 1.61. The zero-order valence-electron chi connectivity index (χ0n) is 11.8. The molecule has 5 nitrogen and oxygen atoms in total. The Kier molecular flexibility index (Phi) is 5.51. The second kappa shape index (κ2) is 6.89. The fourth-order valence-electron chi connectivity index (χ4n) is 1.61. The molecule has 1 aromatic rings. The highest BCUT2D eigenvalue weighted by Crippen LogP contribution is 2.13. The SMILES string of the molecule is COC(=O)CN(C)CC(=O)Nc1ccc(C)c(C)c1. The maximum absolute atomic E-state index is 11.8. The summed E-state index contributed by atoms with van der Waals surface area (Å²) in [5.74, 6) is -0.517. The first-order valence-corrected chi connectivity index (χ1v) is 6.05. The number of likely N-dealkylation sites (N-methyl/N-ethyl adjacent to an activating group) is 1. The molecular formula is C14H20N2O3. The lowest BCUT2D eigenvalue weighted by molar-refractivity contribution is -0.141. The predicted molar refractivity (Wildman–Crippen MR) is 74.1 cm³/mol. The van der Waals surface area contributed by atoms with Crippen molar-refractivity contribution >= 4 is 17.6 Å². The van der Waals surface area contributed by atoms with Crippen LogP contribution in [0, 0.1) is 13.8 Å². The van der Waals surface area contributed by atoms with Gasteiger partial charge in [0, 0.05) is 5.69 Å². The number of esters is 1. The summed E-state index contributed by atoms with van der Waals surface area (Å²) >= 11 is 0. The van der Waals surface area contributed by atoms with Gasteiger partial charge in [-0.05, 0) is 44.2 Å². The van der Waals surface area contributed by atoms with Crippen LogP contribution in [0.2, 0.25) is 0 Å². The molecule has 0 aliphatic carbocycles. The molecule has 0 radical (unpaired) electrons. The lowest BCUT2D eigenvalue weighted by Gasteiger charge is -2.15. The smallest absolute Gasteiger partial charge is 0.319 e. The molecule has 0 heterocycles. The molecule has 0 unspecified atom stereocenters. The number of amides is 1. The molecule has 0 atom stereocenters. The van der Waals surface area contributed by atoms with Gasteiger partial charge < -0.3 is 10.1 Å². The van der Waals surface area contributed by atoms with Crippen molar-refractivity contribution in [2.45, 2.75) is 13.8 Å². The summed E-state index contributed by atoms with van der Waals surface area (Å²) in [7, 11) is 3.02. The van der Waals surface area contributed by atoms with Crippen molar-refractivity contribution < 1.29 is 14.3 Å². The minimum absolute atomic E-state index is 0.0941. The average Bonchev–Trinajstić information content (AvgIpc) is 2.33. The van der Waals surface area contributed by atoms with Gasteiger partial charge in [0.2, 0.25) is 5.91 Å². The van der Waals surface area contributed by atoms with E-state index in [4.69, 9.17) is 0 Å². The quantitative estimate of drug-likeness (QED) is 0.816. The largest absolute Gasteiger partial charge is 0.468 e. The Morgan fingerprint density at radius 1 is 1.21 bits per heavy atom. The van der Waals surface area contributed by atoms with Crippen molar-refractivity contribution in [3.05, 3.63) is 29.3 Å². The minimum atomic E-state index is -0.360. The monoisotopic (exact) mass is 264 g/mol. The first kappa shape index (κ1) is 15.2. The number of carbonyl (C=O) groups is 2. The third-order valence-corrected chi connectivity index (χ3v) is 2.83. The van der Waals surface area contributed by atoms with Crippen molar-refractivity contribution in [1.82, 2.24) is 4.90 Å². The number of hydrogen-bond donors (Lipinski definition) is 1. The van der Waals surface area contributed by atoms with Crippen LogP contribution in [0.5, 0.6) is 0 Å². The first-order chi connectivity index (χ1) is 8.92. The van der Waals surface area contributed by atoms with Gasteiger partial charge in [0.1, 0.15) is 0 Å². The molecule has 0 saturated heterocycles. The van der Waals surface area contributed by atoms with Gasteiger partial charge in [0.25, 0.3) is 0 Å². The summed E-state index contributed by atoms with van der Waals surface area (Å²) in [5.41, 5.74) is 3.07. The van der Waals surface area contributed by atoms with E-state index in [2.05, 4.69) is 10.1 Å². The van der Waals surface area contributed by atoms with Crippen LogP contribution in [0.25, 0.3) is 0 Å². The Hall–Kier alpha value is -1.88. The number of methoxy groups -OCH3 is 1. The predicted octanol–water partition coefficient (Wildman–Crippen LogP) is 1.35. The van der Waals surface area contributed by atoms with E-state index in [1.165, 1.54) is 12.7 Å². The van der Waals surface area contributed by atoms with Gasteiger partial charge in [0.05, 0.1) is 20.2 Å². The summed E-state index contributed by atoms with van der Waals surface area (Å²) in [4.78, 5) is 24.4. The number of carbonyl (C=O) groups excluding carboxylic acids is 2. The highest BCUT2D eigenvalue weighted by Gasteiger charge is 2.11. The molecule has 0 aliphatic heterocycles. The van der Waals surface area contributed by atoms with Crippen LogP contribution < -0.4 is 5.32 Å². The van der Waals surface area contributed by atoms with E-state index in [0.717, 1.165) is 11.3 Å². The van der Waals surface area contributed by atoms with Crippen molar-refractivity contribution in [3.8, 4) is 0 Å². The number of aryl methyl sites for hydroxylation is 2. The Labute approximate surface area is 113 Å². The van der Waals surface area contributed by atoms with E-state index in [-0.39, 0.29) is 25.0 Å². The number of ether oxygens (including phenoxy) is 1. The molecular weight excluding hydrogens is 244 g/mol. The number of benzene rings is 1. The summed E-state index contributed by atoms with van der Waals surface area (Å²) in [6.45, 7) is 4.25. The third kappa shape index (κ3) is 5.09. The van der Waals surface area contributed by atoms with Gasteiger partial charge in [0.15, 0.2) is 0 Å². The van der Waals surface area contributed by atoms with Crippen LogP contribution in [0.15, 0.2) is 18.2 Å². The van der Waals surface area contributed by atoms with E-state index in [9.17, 15) is 9.59 Å². The molecule has 5 heteroatoms. The summed E-state index contributed by atoms with van der Waals surface area (Å²) in [6, 6.07) is 5.75. The van der Waals surface area contributed by atoms with E-state index in [1.807, 2.05) is 32.0 Å². The molecule has 0 fully saturated rings. The van der Waals surface area contributed by atoms with Crippen LogP contribution in [0.3, 0.4) is 0 Å². The second-order valence-electron chi connectivity index (χ2n) is 4.60. The molecule has 0 spiro atoms. The molecule has 1 amide bonds. The van der Waals surface area contributed by atoms with Gasteiger partial charge in [-0.25, -0.2) is 0 Å². The van der Waals surface area contributed by atoms with Gasteiger partial charge in [-0.1, -0.05) is 6.07 Å². The van der Waals surface area contributed by atoms with E-state index >= 15 is 0 Å². The Balaban J connectivity index is 2.50. The zero-order chi connectivity index (χ0) is 14.4. The van der Waals surface area contributed by atoms with Crippen LogP contribution in [0.1, 0.15) is 11.1 Å². The number of nitrogens with one attached hydrogen (secondary N) is 1. The molecule has 0 saturated carbocycles. The highest BCUT2D eigenvalue weighted by molar-refractivity contribution is 5.92. The molecule has 0 aromatic heterocycles. The topological polar surface area (TPSA) is 58.6 Å². The molecule has 19 heavy (non-hydrogen) atoms. The van der Waals surface area contributed by atoms with Crippen LogP contribution in [-0.4, -0.2) is 44.0 Å². The summed E-state index contributed by atoms with van der Waals surface area (Å²) in [5, 5.41) is 2.80. The van der Waals surface area contributed by atoms with E-state index in [1.54, 1.807) is 11.9 Å². The van der Waals surface area contributed by atoms with Gasteiger partial charge in [-0.2, -0.15) is 0 Å². The van der Waals surface area contributed by atoms with Crippen molar-refractivity contribution in [1.29, 1.82) is 0 Å². The fraction of sp³-hybridized carbons (Fsp3) is 0.429. The second-order valence-corrected chi connectivity index (χ2v) is 4.60. The molecule has 0 aliphatic rings. The van der Waals surface area contributed by atoms with Crippen LogP contribution in [0.4, 0.5) is 5.69 Å². The standard InChI is InChI=1S/C14H20N2O3/c1-10-5-6-12(7-11(10)2)15-13(17)8-16(3)9-14(18)19-4/h5-7H,8-9H2,1-4H3,(H,15,17). The minimum Gasteiger partial charge on any atom is -0.468 e. The van der Waals surface area contributed by atoms with E-state index < -0.39 is 0 Å². The number of hydrogen-bond acceptors (Lipinski definition) is 4. The highest BCUT2D eigenvalue weighted by atomic mass is 16.5. The Bertz CT molecular complexity index is 472. The van der Waals surface area contributed by atoms with Crippen molar-refractivity contribution in [2.24, 2.45) is 0 Å². The maximum atomic E-state index is 11.8. The maximum Gasteiger partial charge on any atom is 0.319 e. The van der Waals surface area contributed by atoms with Gasteiger partial charge in [-0.15, -0.1) is 0 Å². The van der Waals surface area contributed by atoms with Crippen LogP contribution >= 0.6 is 0 Å². The third-order valence-electron chi connectivity index (χ3n) is 2.83. The molecule has 1 rings (SSSR count). The van der Waals surface area contributed by atoms with Gasteiger partial charge in [-0.3, -0.25) is 14.5 Å². The summed E-state index contributed by atoms with van der Waals surface area (Å²) < 4.78 is 4.54. The number of nitrogens with zero attached hydrogens (tertiary/aromatic N) is 1. The van der Waals surface area contributed by atoms with E-state index in [0.29, 0.717) is 0 Å². The lowest BCUT2D eigenvalue weighted by Crippen LogP contribution is -2.34. The number of anilines is 1. The molecule has 0 bridgehead atoms. The first-order valence-electron chi connectivity index (χ1n) is 6.05. The molecule has 104 valence electrons. The summed E-state index contributed by atoms with van der Waals surface area (Å²) in [6.07, 6.45) is 0. The zero-order valence-corrected chi connectivity index (χ0v) is 11.8. The number of rotatable bonds is 5. The van der Waals surface area contributed by atoms with Gasteiger partial charge >= 0.3 is 5.97 Å². The molecule has 1 N–H and O–H groups in total. The average molecular weight is 264 g/mol. The van der Waals surface area contributed by atoms with Crippen molar-refractivity contribution in [2.75, 3.05) is 32.6 Å². The normalized spacial score (nSPS) is 10.4. The Morgan fingerprint density at radius 2 is 1.89 bits per heavy atom. The Morgan fingerprint density at radius 3 is 2.47 bits per heavy atom.